The van der Waals surface area contributed by atoms with E-state index in [1.165, 1.54) is 18.2 Å². The number of hydrogen-bond donors (Lipinski definition) is 2. The van der Waals surface area contributed by atoms with Gasteiger partial charge >= 0.3 is 0 Å². The normalized spacial score (nSPS) is 14.3. The SMILES string of the molecule is Cc1cccc(NC(=O)Cn2cc(/C=C3\SC(=O)N(CC(=O)Nc4ccccc4F)C3=O)c3ccccc32)c1. The van der Waals surface area contributed by atoms with Crippen LogP contribution in [0.25, 0.3) is 17.0 Å². The first-order valence-electron chi connectivity index (χ1n) is 12.0. The summed E-state index contributed by atoms with van der Waals surface area (Å²) in [6.07, 6.45) is 3.33. The van der Waals surface area contributed by atoms with E-state index in [0.29, 0.717) is 11.3 Å². The van der Waals surface area contributed by atoms with Crippen LogP contribution in [0.1, 0.15) is 11.1 Å². The van der Waals surface area contributed by atoms with Crippen LogP contribution in [-0.2, 0) is 20.9 Å². The van der Waals surface area contributed by atoms with E-state index < -0.39 is 29.4 Å². The van der Waals surface area contributed by atoms with Gasteiger partial charge in [0.15, 0.2) is 0 Å². The molecule has 8 nitrogen and oxygen atoms in total. The molecule has 0 atom stereocenters. The number of hydrogen-bond acceptors (Lipinski definition) is 5. The first-order valence-corrected chi connectivity index (χ1v) is 12.8. The van der Waals surface area contributed by atoms with E-state index in [2.05, 4.69) is 10.6 Å². The van der Waals surface area contributed by atoms with Gasteiger partial charge in [-0.05, 0) is 60.7 Å². The molecule has 0 saturated carbocycles. The molecule has 0 aliphatic carbocycles. The van der Waals surface area contributed by atoms with E-state index in [1.807, 2.05) is 55.5 Å². The third kappa shape index (κ3) is 5.75. The summed E-state index contributed by atoms with van der Waals surface area (Å²) in [6.45, 7) is 1.44. The number of aromatic nitrogens is 1. The minimum Gasteiger partial charge on any atom is -0.337 e. The second kappa shape index (κ2) is 11.0. The summed E-state index contributed by atoms with van der Waals surface area (Å²) in [5, 5.41) is 5.46. The van der Waals surface area contributed by atoms with Crippen molar-refractivity contribution < 1.29 is 23.6 Å². The van der Waals surface area contributed by atoms with Crippen LogP contribution in [0.2, 0.25) is 0 Å². The second-order valence-corrected chi connectivity index (χ2v) is 9.94. The Labute approximate surface area is 227 Å². The second-order valence-electron chi connectivity index (χ2n) is 8.94. The first-order chi connectivity index (χ1) is 18.8. The Balaban J connectivity index is 1.34. The molecule has 1 aliphatic heterocycles. The van der Waals surface area contributed by atoms with Crippen LogP contribution < -0.4 is 10.6 Å². The van der Waals surface area contributed by atoms with Crippen molar-refractivity contribution in [1.29, 1.82) is 0 Å². The van der Waals surface area contributed by atoms with Gasteiger partial charge in [-0.1, -0.05) is 42.5 Å². The Kier molecular flexibility index (Phi) is 7.29. The summed E-state index contributed by atoms with van der Waals surface area (Å²) in [4.78, 5) is 51.7. The van der Waals surface area contributed by atoms with Crippen LogP contribution in [-0.4, -0.2) is 39.0 Å². The topological polar surface area (TPSA) is 101 Å². The number of carbonyl (C=O) groups is 4. The summed E-state index contributed by atoms with van der Waals surface area (Å²) in [5.41, 5.74) is 3.12. The molecule has 0 radical (unpaired) electrons. The van der Waals surface area contributed by atoms with Crippen molar-refractivity contribution in [1.82, 2.24) is 9.47 Å². The lowest BCUT2D eigenvalue weighted by molar-refractivity contribution is -0.127. The zero-order valence-electron chi connectivity index (χ0n) is 20.8. The van der Waals surface area contributed by atoms with Crippen molar-refractivity contribution in [3.05, 3.63) is 101 Å². The van der Waals surface area contributed by atoms with Crippen LogP contribution >= 0.6 is 11.8 Å². The summed E-state index contributed by atoms with van der Waals surface area (Å²) in [7, 11) is 0. The summed E-state index contributed by atoms with van der Waals surface area (Å²) in [5.74, 6) is -2.15. The molecule has 39 heavy (non-hydrogen) atoms. The zero-order chi connectivity index (χ0) is 27.5. The van der Waals surface area contributed by atoms with E-state index in [9.17, 15) is 23.6 Å². The van der Waals surface area contributed by atoms with E-state index in [1.54, 1.807) is 22.9 Å². The van der Waals surface area contributed by atoms with Crippen molar-refractivity contribution >= 4 is 63.1 Å². The Morgan fingerprint density at radius 2 is 1.67 bits per heavy atom. The predicted octanol–water partition coefficient (Wildman–Crippen LogP) is 5.40. The minimum absolute atomic E-state index is 0.0377. The maximum Gasteiger partial charge on any atom is 0.294 e. The smallest absolute Gasteiger partial charge is 0.294 e. The highest BCUT2D eigenvalue weighted by molar-refractivity contribution is 8.18. The molecule has 196 valence electrons. The highest BCUT2D eigenvalue weighted by Gasteiger charge is 2.36. The van der Waals surface area contributed by atoms with Gasteiger partial charge in [0, 0.05) is 28.4 Å². The number of aryl methyl sites for hydroxylation is 1. The highest BCUT2D eigenvalue weighted by atomic mass is 32.2. The number of carbonyl (C=O) groups excluding carboxylic acids is 4. The van der Waals surface area contributed by atoms with Crippen molar-refractivity contribution in [3.63, 3.8) is 0 Å². The van der Waals surface area contributed by atoms with Gasteiger partial charge in [0.25, 0.3) is 11.1 Å². The lowest BCUT2D eigenvalue weighted by Crippen LogP contribution is -2.36. The van der Waals surface area contributed by atoms with Gasteiger partial charge < -0.3 is 15.2 Å². The number of imide groups is 1. The van der Waals surface area contributed by atoms with E-state index in [-0.39, 0.29) is 23.0 Å². The number of para-hydroxylation sites is 2. The van der Waals surface area contributed by atoms with E-state index in [4.69, 9.17) is 0 Å². The van der Waals surface area contributed by atoms with Gasteiger partial charge in [-0.25, -0.2) is 4.39 Å². The van der Waals surface area contributed by atoms with Crippen molar-refractivity contribution in [2.45, 2.75) is 13.5 Å². The van der Waals surface area contributed by atoms with Gasteiger partial charge in [-0.3, -0.25) is 24.1 Å². The number of rotatable bonds is 7. The standard InChI is InChI=1S/C29H23FN4O4S/c1-18-7-6-8-20(13-18)31-26(35)16-33-15-19(21-9-2-5-12-24(21)33)14-25-28(37)34(29(38)39-25)17-27(36)32-23-11-4-3-10-22(23)30/h2-15H,16-17H2,1H3,(H,31,35)(H,32,36)/b25-14-. The molecule has 1 saturated heterocycles. The molecular weight excluding hydrogens is 519 g/mol. The summed E-state index contributed by atoms with van der Waals surface area (Å²) >= 11 is 0.719. The minimum atomic E-state index is -0.695. The average molecular weight is 543 g/mol. The molecule has 0 unspecified atom stereocenters. The Bertz CT molecular complexity index is 1660. The quantitative estimate of drug-likeness (QED) is 0.305. The average Bonchev–Trinajstić information content (AvgIpc) is 3.37. The first kappa shape index (κ1) is 25.9. The molecule has 10 heteroatoms. The molecule has 0 spiro atoms. The van der Waals surface area contributed by atoms with Gasteiger partial charge in [-0.2, -0.15) is 0 Å². The molecule has 4 aromatic rings. The molecule has 2 heterocycles. The Morgan fingerprint density at radius 3 is 2.46 bits per heavy atom. The number of benzene rings is 3. The molecule has 3 aromatic carbocycles. The third-order valence-electron chi connectivity index (χ3n) is 6.05. The molecular formula is C29H23FN4O4S. The molecule has 1 fully saturated rings. The predicted molar refractivity (Wildman–Crippen MR) is 149 cm³/mol. The highest BCUT2D eigenvalue weighted by Crippen LogP contribution is 2.34. The molecule has 1 aliphatic rings. The van der Waals surface area contributed by atoms with Crippen LogP contribution in [0, 0.1) is 12.7 Å². The lowest BCUT2D eigenvalue weighted by Gasteiger charge is -2.12. The van der Waals surface area contributed by atoms with Crippen LogP contribution in [0.3, 0.4) is 0 Å². The Morgan fingerprint density at radius 1 is 0.923 bits per heavy atom. The number of fused-ring (bicyclic) bond motifs is 1. The molecule has 0 bridgehead atoms. The van der Waals surface area contributed by atoms with Gasteiger partial charge in [0.05, 0.1) is 10.6 Å². The van der Waals surface area contributed by atoms with Crippen molar-refractivity contribution in [2.24, 2.45) is 0 Å². The Hall–Kier alpha value is -4.70. The molecule has 5 rings (SSSR count). The van der Waals surface area contributed by atoms with Crippen LogP contribution in [0.5, 0.6) is 0 Å². The van der Waals surface area contributed by atoms with E-state index in [0.717, 1.165) is 33.1 Å². The third-order valence-corrected chi connectivity index (χ3v) is 6.95. The number of halogens is 1. The largest absolute Gasteiger partial charge is 0.337 e. The van der Waals surface area contributed by atoms with Gasteiger partial charge in [0.1, 0.15) is 18.9 Å². The summed E-state index contributed by atoms with van der Waals surface area (Å²) < 4.78 is 15.6. The van der Waals surface area contributed by atoms with Gasteiger partial charge in [-0.15, -0.1) is 0 Å². The molecule has 2 N–H and O–H groups in total. The van der Waals surface area contributed by atoms with Crippen molar-refractivity contribution in [2.75, 3.05) is 17.2 Å². The number of nitrogens with zero attached hydrogens (tertiary/aromatic N) is 2. The molecule has 1 aromatic heterocycles. The maximum absolute atomic E-state index is 13.9. The number of thioether (sulfide) groups is 1. The number of amides is 4. The monoisotopic (exact) mass is 542 g/mol. The van der Waals surface area contributed by atoms with Crippen LogP contribution in [0.4, 0.5) is 20.6 Å². The number of anilines is 2. The fourth-order valence-electron chi connectivity index (χ4n) is 4.27. The van der Waals surface area contributed by atoms with Gasteiger partial charge in [0.2, 0.25) is 11.8 Å². The fraction of sp³-hybridized carbons (Fsp3) is 0.103. The zero-order valence-corrected chi connectivity index (χ0v) is 21.6. The van der Waals surface area contributed by atoms with Crippen molar-refractivity contribution in [3.8, 4) is 0 Å². The maximum atomic E-state index is 13.9. The summed E-state index contributed by atoms with van der Waals surface area (Å²) in [6, 6.07) is 20.6. The fourth-order valence-corrected chi connectivity index (χ4v) is 5.10. The molecule has 4 amide bonds. The van der Waals surface area contributed by atoms with Crippen LogP contribution in [0.15, 0.2) is 83.9 Å². The number of nitrogens with one attached hydrogen (secondary N) is 2. The van der Waals surface area contributed by atoms with E-state index >= 15 is 0 Å². The lowest BCUT2D eigenvalue weighted by atomic mass is 10.1.